The van der Waals surface area contributed by atoms with Crippen LogP contribution in [0.2, 0.25) is 0 Å². The van der Waals surface area contributed by atoms with Crippen LogP contribution in [-0.2, 0) is 6.54 Å². The lowest BCUT2D eigenvalue weighted by Crippen LogP contribution is -2.22. The topological polar surface area (TPSA) is 116 Å². The molecule has 0 amide bonds. The third-order valence-electron chi connectivity index (χ3n) is 2.61. The van der Waals surface area contributed by atoms with Crippen LogP contribution in [0.15, 0.2) is 39.9 Å². The summed E-state index contributed by atoms with van der Waals surface area (Å²) in [5, 5.41) is 10.8. The van der Waals surface area contributed by atoms with Crippen LogP contribution in [-0.4, -0.2) is 14.5 Å². The van der Waals surface area contributed by atoms with E-state index in [2.05, 4.69) is 26.3 Å². The van der Waals surface area contributed by atoms with Gasteiger partial charge in [0.05, 0.1) is 22.1 Å². The predicted octanol–water partition coefficient (Wildman–Crippen LogP) is 1.25. The summed E-state index contributed by atoms with van der Waals surface area (Å²) < 4.78 is 1.35. The zero-order chi connectivity index (χ0) is 14.7. The van der Waals surface area contributed by atoms with Crippen LogP contribution in [0.3, 0.4) is 0 Å². The summed E-state index contributed by atoms with van der Waals surface area (Å²) in [7, 11) is 0. The molecule has 2 aromatic heterocycles. The van der Waals surface area contributed by atoms with Gasteiger partial charge in [0.25, 0.3) is 11.2 Å². The molecule has 0 aliphatic heterocycles. The number of anilines is 1. The van der Waals surface area contributed by atoms with Crippen LogP contribution in [0, 0.1) is 10.1 Å². The molecule has 104 valence electrons. The van der Waals surface area contributed by atoms with E-state index in [1.54, 1.807) is 18.3 Å². The number of rotatable bonds is 4. The number of nitrogens with two attached hydrogens (primary N) is 1. The molecule has 0 unspecified atom stereocenters. The summed E-state index contributed by atoms with van der Waals surface area (Å²) in [5.74, 6) is 5.74. The fraction of sp³-hybridized carbons (Fsp3) is 0.0909. The fourth-order valence-corrected chi connectivity index (χ4v) is 2.14. The van der Waals surface area contributed by atoms with Gasteiger partial charge in [0.2, 0.25) is 0 Å². The van der Waals surface area contributed by atoms with E-state index in [-0.39, 0.29) is 22.3 Å². The van der Waals surface area contributed by atoms with Gasteiger partial charge >= 0.3 is 0 Å². The third kappa shape index (κ3) is 2.83. The Kier molecular flexibility index (Phi) is 4.11. The minimum Gasteiger partial charge on any atom is -0.308 e. The maximum Gasteiger partial charge on any atom is 0.286 e. The van der Waals surface area contributed by atoms with E-state index in [1.165, 1.54) is 16.8 Å². The second-order valence-electron chi connectivity index (χ2n) is 3.89. The van der Waals surface area contributed by atoms with Gasteiger partial charge in [-0.1, -0.05) is 6.07 Å². The van der Waals surface area contributed by atoms with Crippen molar-refractivity contribution in [3.63, 3.8) is 0 Å². The highest BCUT2D eigenvalue weighted by molar-refractivity contribution is 9.10. The molecule has 0 spiro atoms. The van der Waals surface area contributed by atoms with Crippen molar-refractivity contribution < 1.29 is 4.92 Å². The van der Waals surface area contributed by atoms with E-state index >= 15 is 0 Å². The first kappa shape index (κ1) is 14.2. The summed E-state index contributed by atoms with van der Waals surface area (Å²) in [6.07, 6.45) is 2.73. The van der Waals surface area contributed by atoms with Crippen LogP contribution in [0.5, 0.6) is 0 Å². The van der Waals surface area contributed by atoms with Crippen molar-refractivity contribution in [3.8, 4) is 0 Å². The fourth-order valence-electron chi connectivity index (χ4n) is 1.68. The smallest absolute Gasteiger partial charge is 0.286 e. The van der Waals surface area contributed by atoms with E-state index in [0.29, 0.717) is 11.4 Å². The molecule has 0 fully saturated rings. The summed E-state index contributed by atoms with van der Waals surface area (Å²) in [5.41, 5.74) is 2.51. The Hall–Kier alpha value is -2.26. The summed E-state index contributed by atoms with van der Waals surface area (Å²) in [6, 6.07) is 4.58. The number of nitrogen functional groups attached to an aromatic ring is 1. The van der Waals surface area contributed by atoms with Gasteiger partial charge in [0, 0.05) is 17.8 Å². The lowest BCUT2D eigenvalue weighted by molar-refractivity contribution is -0.385. The largest absolute Gasteiger partial charge is 0.308 e. The molecule has 0 aromatic carbocycles. The SMILES string of the molecule is NNc1ncccc1Cn1cc([N+](=O)[O-])cc(Br)c1=O. The van der Waals surface area contributed by atoms with E-state index in [1.807, 2.05) is 0 Å². The van der Waals surface area contributed by atoms with Gasteiger partial charge in [0.15, 0.2) is 0 Å². The van der Waals surface area contributed by atoms with Gasteiger partial charge in [-0.25, -0.2) is 10.8 Å². The average molecular weight is 340 g/mol. The van der Waals surface area contributed by atoms with Gasteiger partial charge in [-0.15, -0.1) is 0 Å². The number of hydrogen-bond donors (Lipinski definition) is 2. The number of hydrogen-bond acceptors (Lipinski definition) is 6. The monoisotopic (exact) mass is 339 g/mol. The van der Waals surface area contributed by atoms with Gasteiger partial charge < -0.3 is 9.99 Å². The van der Waals surface area contributed by atoms with E-state index in [9.17, 15) is 14.9 Å². The molecule has 0 atom stereocenters. The van der Waals surface area contributed by atoms with Gasteiger partial charge in [-0.05, 0) is 22.0 Å². The van der Waals surface area contributed by atoms with Gasteiger partial charge in [-0.2, -0.15) is 0 Å². The predicted molar refractivity (Wildman–Crippen MR) is 76.2 cm³/mol. The van der Waals surface area contributed by atoms with Crippen LogP contribution in [0.4, 0.5) is 11.5 Å². The maximum absolute atomic E-state index is 12.0. The number of hydrazine groups is 1. The Bertz CT molecular complexity index is 715. The zero-order valence-electron chi connectivity index (χ0n) is 10.1. The molecule has 0 saturated carbocycles. The number of aromatic nitrogens is 2. The summed E-state index contributed by atoms with van der Waals surface area (Å²) >= 11 is 3.02. The van der Waals surface area contributed by atoms with Crippen molar-refractivity contribution >= 4 is 27.4 Å². The third-order valence-corrected chi connectivity index (χ3v) is 3.18. The second kappa shape index (κ2) is 5.80. The van der Waals surface area contributed by atoms with Crippen molar-refractivity contribution in [2.45, 2.75) is 6.54 Å². The molecule has 0 bridgehead atoms. The van der Waals surface area contributed by atoms with Crippen molar-refractivity contribution in [1.82, 2.24) is 9.55 Å². The first-order valence-corrected chi connectivity index (χ1v) is 6.27. The molecule has 9 heteroatoms. The molecule has 20 heavy (non-hydrogen) atoms. The summed E-state index contributed by atoms with van der Waals surface area (Å²) in [6.45, 7) is 0.118. The van der Waals surface area contributed by atoms with Crippen molar-refractivity contribution in [1.29, 1.82) is 0 Å². The molecule has 8 nitrogen and oxygen atoms in total. The van der Waals surface area contributed by atoms with E-state index in [4.69, 9.17) is 5.84 Å². The first-order valence-electron chi connectivity index (χ1n) is 5.48. The van der Waals surface area contributed by atoms with Crippen LogP contribution >= 0.6 is 15.9 Å². The Labute approximate surface area is 121 Å². The van der Waals surface area contributed by atoms with Crippen molar-refractivity contribution in [2.24, 2.45) is 5.84 Å². The highest BCUT2D eigenvalue weighted by atomic mass is 79.9. The van der Waals surface area contributed by atoms with Crippen LogP contribution < -0.4 is 16.8 Å². The number of pyridine rings is 2. The number of halogens is 1. The lowest BCUT2D eigenvalue weighted by atomic mass is 10.2. The van der Waals surface area contributed by atoms with Crippen LogP contribution in [0.1, 0.15) is 5.56 Å². The minimum absolute atomic E-state index is 0.118. The van der Waals surface area contributed by atoms with Gasteiger partial charge in [0.1, 0.15) is 5.82 Å². The Balaban J connectivity index is 2.48. The lowest BCUT2D eigenvalue weighted by Gasteiger charge is -2.09. The Morgan fingerprint density at radius 1 is 1.55 bits per heavy atom. The maximum atomic E-state index is 12.0. The molecule has 2 rings (SSSR count). The number of nitrogens with zero attached hydrogens (tertiary/aromatic N) is 3. The highest BCUT2D eigenvalue weighted by Gasteiger charge is 2.13. The Morgan fingerprint density at radius 3 is 2.95 bits per heavy atom. The summed E-state index contributed by atoms with van der Waals surface area (Å²) in [4.78, 5) is 26.2. The average Bonchev–Trinajstić information content (AvgIpc) is 2.44. The first-order chi connectivity index (χ1) is 9.52. The van der Waals surface area contributed by atoms with Gasteiger partial charge in [-0.3, -0.25) is 14.9 Å². The molecule has 2 heterocycles. The van der Waals surface area contributed by atoms with Crippen LogP contribution in [0.25, 0.3) is 0 Å². The quantitative estimate of drug-likeness (QED) is 0.492. The molecular formula is C11H10BrN5O3. The number of nitrogens with one attached hydrogen (secondary N) is 1. The van der Waals surface area contributed by atoms with E-state index in [0.717, 1.165) is 0 Å². The normalized spacial score (nSPS) is 10.3. The molecule has 0 aliphatic carbocycles. The molecule has 2 aromatic rings. The number of nitro groups is 1. The molecule has 0 radical (unpaired) electrons. The molecular weight excluding hydrogens is 330 g/mol. The second-order valence-corrected chi connectivity index (χ2v) is 4.75. The van der Waals surface area contributed by atoms with Crippen molar-refractivity contribution in [2.75, 3.05) is 5.43 Å². The zero-order valence-corrected chi connectivity index (χ0v) is 11.7. The minimum atomic E-state index is -0.563. The highest BCUT2D eigenvalue weighted by Crippen LogP contribution is 2.16. The molecule has 0 aliphatic rings. The standard InChI is InChI=1S/C11H10BrN5O3/c12-9-4-8(17(19)20)6-16(11(9)18)5-7-2-1-3-14-10(7)15-13/h1-4,6H,5,13H2,(H,14,15). The molecule has 3 N–H and O–H groups in total. The van der Waals surface area contributed by atoms with E-state index < -0.39 is 4.92 Å². The molecule has 0 saturated heterocycles. The Morgan fingerprint density at radius 2 is 2.30 bits per heavy atom. The van der Waals surface area contributed by atoms with Crippen molar-refractivity contribution in [3.05, 3.63) is 61.1 Å².